The maximum absolute atomic E-state index is 14.5. The van der Waals surface area contributed by atoms with Crippen LogP contribution in [0.25, 0.3) is 0 Å². The van der Waals surface area contributed by atoms with Gasteiger partial charge in [0.05, 0.1) is 6.04 Å². The minimum absolute atomic E-state index is 0.287. The zero-order chi connectivity index (χ0) is 22.8. The molecule has 0 aromatic heterocycles. The van der Waals surface area contributed by atoms with Crippen molar-refractivity contribution in [1.82, 2.24) is 4.90 Å². The second-order valence-corrected chi connectivity index (χ2v) is 8.93. The van der Waals surface area contributed by atoms with E-state index in [-0.39, 0.29) is 11.7 Å². The van der Waals surface area contributed by atoms with Gasteiger partial charge in [0.1, 0.15) is 11.9 Å². The summed E-state index contributed by atoms with van der Waals surface area (Å²) in [6, 6.07) is 12.5. The van der Waals surface area contributed by atoms with Gasteiger partial charge in [-0.3, -0.25) is 9.59 Å². The second-order valence-electron chi connectivity index (χ2n) is 8.93. The lowest BCUT2D eigenvalue weighted by atomic mass is 9.93. The quantitative estimate of drug-likeness (QED) is 0.642. The summed E-state index contributed by atoms with van der Waals surface area (Å²) in [6.07, 6.45) is 8.54. The Morgan fingerprint density at radius 3 is 2.41 bits per heavy atom. The van der Waals surface area contributed by atoms with Crippen LogP contribution in [-0.2, 0) is 9.59 Å². The first-order valence-corrected chi connectivity index (χ1v) is 11.2. The average molecular weight is 433 g/mol. The molecule has 1 fully saturated rings. The molecule has 2 aromatic carbocycles. The third kappa shape index (κ3) is 4.67. The largest absolute Gasteiger partial charge is 0.368 e. The van der Waals surface area contributed by atoms with Crippen molar-refractivity contribution in [3.05, 3.63) is 94.8 Å². The maximum Gasteiger partial charge on any atom is 0.254 e. The number of carbonyl (C=O) groups excluding carboxylic acids is 2. The molecule has 2 amide bonds. The van der Waals surface area contributed by atoms with Gasteiger partial charge in [0.2, 0.25) is 5.91 Å². The predicted octanol–water partition coefficient (Wildman–Crippen LogP) is 5.34. The number of rotatable bonds is 7. The topological polar surface area (TPSA) is 63.4 Å². The van der Waals surface area contributed by atoms with Gasteiger partial charge in [-0.05, 0) is 66.8 Å². The summed E-state index contributed by atoms with van der Waals surface area (Å²) in [5.41, 5.74) is 8.61. The number of hydrogen-bond acceptors (Lipinski definition) is 2. The summed E-state index contributed by atoms with van der Waals surface area (Å²) >= 11 is 0. The Kier molecular flexibility index (Phi) is 6.26. The van der Waals surface area contributed by atoms with Crippen molar-refractivity contribution in [3.63, 3.8) is 0 Å². The Bertz CT molecular complexity index is 1070. The van der Waals surface area contributed by atoms with Crippen LogP contribution in [0.4, 0.5) is 4.39 Å². The molecular formula is C27H29FN2O2. The molecule has 1 unspecified atom stereocenters. The molecule has 0 spiro atoms. The van der Waals surface area contributed by atoms with Gasteiger partial charge in [-0.2, -0.15) is 0 Å². The van der Waals surface area contributed by atoms with Gasteiger partial charge >= 0.3 is 0 Å². The van der Waals surface area contributed by atoms with Crippen molar-refractivity contribution >= 4 is 11.8 Å². The van der Waals surface area contributed by atoms with Gasteiger partial charge in [0.25, 0.3) is 5.91 Å². The van der Waals surface area contributed by atoms with Crippen LogP contribution < -0.4 is 5.73 Å². The van der Waals surface area contributed by atoms with Crippen molar-refractivity contribution < 1.29 is 14.0 Å². The third-order valence-electron chi connectivity index (χ3n) is 6.35. The number of primary amides is 1. The summed E-state index contributed by atoms with van der Waals surface area (Å²) in [5, 5.41) is 0. The fourth-order valence-corrected chi connectivity index (χ4v) is 4.34. The first kappa shape index (κ1) is 22.0. The number of carbonyl (C=O) groups is 2. The third-order valence-corrected chi connectivity index (χ3v) is 6.35. The van der Waals surface area contributed by atoms with E-state index in [4.69, 9.17) is 5.73 Å². The van der Waals surface area contributed by atoms with E-state index in [0.717, 1.165) is 24.8 Å². The Morgan fingerprint density at radius 1 is 1.09 bits per heavy atom. The normalized spacial score (nSPS) is 19.7. The van der Waals surface area contributed by atoms with Crippen LogP contribution in [0.2, 0.25) is 0 Å². The highest BCUT2D eigenvalue weighted by Crippen LogP contribution is 2.42. The predicted molar refractivity (Wildman–Crippen MR) is 123 cm³/mol. The summed E-state index contributed by atoms with van der Waals surface area (Å²) < 4.78 is 14.5. The summed E-state index contributed by atoms with van der Waals surface area (Å²) in [5.74, 6) is -0.519. The molecule has 2 aliphatic rings. The van der Waals surface area contributed by atoms with Crippen molar-refractivity contribution in [1.29, 1.82) is 0 Å². The van der Waals surface area contributed by atoms with Gasteiger partial charge in [0, 0.05) is 5.57 Å². The van der Waals surface area contributed by atoms with Crippen LogP contribution in [0.15, 0.2) is 72.3 Å². The molecule has 0 bridgehead atoms. The standard InChI is InChI=1S/C27H29FN2O2/c1-17-8-10-21(11-9-17)27(32)30(25(26(29)31)20-6-4-3-5-7-20)18(2)22-14-23(19-12-13-19)16-24(28)15-22/h3-8,10-11,14-19,25H,9,12-13H2,1-2H3,(H2,29,31)/t17?,18-,25+/m1/s1. The van der Waals surface area contributed by atoms with E-state index >= 15 is 0 Å². The van der Waals surface area contributed by atoms with E-state index in [1.54, 1.807) is 24.3 Å². The van der Waals surface area contributed by atoms with E-state index in [1.165, 1.54) is 11.0 Å². The van der Waals surface area contributed by atoms with Gasteiger partial charge in [0.15, 0.2) is 0 Å². The molecule has 1 saturated carbocycles. The maximum atomic E-state index is 14.5. The highest BCUT2D eigenvalue weighted by Gasteiger charge is 2.36. The monoisotopic (exact) mass is 432 g/mol. The molecule has 0 aliphatic heterocycles. The number of nitrogens with two attached hydrogens (primary N) is 1. The molecule has 4 nitrogen and oxygen atoms in total. The SMILES string of the molecule is CC1C=CC(C(=O)N([C@H](C)c2cc(F)cc(C3CC3)c2)[C@H](C(N)=O)c2ccccc2)=CC1. The number of halogens is 1. The fourth-order valence-electron chi connectivity index (χ4n) is 4.34. The summed E-state index contributed by atoms with van der Waals surface area (Å²) in [6.45, 7) is 3.91. The van der Waals surface area contributed by atoms with E-state index in [2.05, 4.69) is 6.92 Å². The minimum Gasteiger partial charge on any atom is -0.368 e. The van der Waals surface area contributed by atoms with Crippen LogP contribution in [0.5, 0.6) is 0 Å². The van der Waals surface area contributed by atoms with Gasteiger partial charge < -0.3 is 10.6 Å². The minimum atomic E-state index is -0.972. The van der Waals surface area contributed by atoms with Gasteiger partial charge in [-0.1, -0.05) is 61.5 Å². The smallest absolute Gasteiger partial charge is 0.254 e. The number of nitrogens with zero attached hydrogens (tertiary/aromatic N) is 1. The molecule has 5 heteroatoms. The van der Waals surface area contributed by atoms with Crippen LogP contribution in [-0.4, -0.2) is 16.7 Å². The molecule has 166 valence electrons. The highest BCUT2D eigenvalue weighted by molar-refractivity contribution is 5.99. The lowest BCUT2D eigenvalue weighted by Crippen LogP contribution is -2.43. The summed E-state index contributed by atoms with van der Waals surface area (Å²) in [7, 11) is 0. The molecule has 0 radical (unpaired) electrons. The molecule has 2 N–H and O–H groups in total. The molecular weight excluding hydrogens is 403 g/mol. The lowest BCUT2D eigenvalue weighted by Gasteiger charge is -2.36. The fraction of sp³-hybridized carbons (Fsp3) is 0.333. The van der Waals surface area contributed by atoms with Crippen molar-refractivity contribution in [2.75, 3.05) is 0 Å². The van der Waals surface area contributed by atoms with Crippen molar-refractivity contribution in [2.45, 2.75) is 51.1 Å². The number of benzene rings is 2. The van der Waals surface area contributed by atoms with Crippen molar-refractivity contribution in [2.24, 2.45) is 11.7 Å². The highest BCUT2D eigenvalue weighted by atomic mass is 19.1. The Hall–Kier alpha value is -3.21. The lowest BCUT2D eigenvalue weighted by molar-refractivity contribution is -0.139. The van der Waals surface area contributed by atoms with E-state index < -0.39 is 18.0 Å². The average Bonchev–Trinajstić information content (AvgIpc) is 3.62. The molecule has 3 atom stereocenters. The second kappa shape index (κ2) is 9.11. The number of hydrogen-bond donors (Lipinski definition) is 1. The molecule has 0 saturated heterocycles. The van der Waals surface area contributed by atoms with E-state index in [1.807, 2.05) is 43.3 Å². The molecule has 2 aliphatic carbocycles. The van der Waals surface area contributed by atoms with Crippen LogP contribution in [0, 0.1) is 11.7 Å². The molecule has 32 heavy (non-hydrogen) atoms. The summed E-state index contributed by atoms with van der Waals surface area (Å²) in [4.78, 5) is 28.0. The molecule has 2 aromatic rings. The zero-order valence-corrected chi connectivity index (χ0v) is 18.5. The zero-order valence-electron chi connectivity index (χ0n) is 18.5. The van der Waals surface area contributed by atoms with Crippen LogP contribution in [0.1, 0.15) is 67.8 Å². The molecule has 0 heterocycles. The van der Waals surface area contributed by atoms with Crippen molar-refractivity contribution in [3.8, 4) is 0 Å². The van der Waals surface area contributed by atoms with Crippen LogP contribution in [0.3, 0.4) is 0 Å². The van der Waals surface area contributed by atoms with Crippen LogP contribution >= 0.6 is 0 Å². The number of amides is 2. The Labute approximate surface area is 188 Å². The Balaban J connectivity index is 1.79. The van der Waals surface area contributed by atoms with E-state index in [9.17, 15) is 14.0 Å². The van der Waals surface area contributed by atoms with Gasteiger partial charge in [-0.15, -0.1) is 0 Å². The first-order valence-electron chi connectivity index (χ1n) is 11.2. The van der Waals surface area contributed by atoms with E-state index in [0.29, 0.717) is 28.5 Å². The number of allylic oxidation sites excluding steroid dienone is 2. The van der Waals surface area contributed by atoms with Gasteiger partial charge in [-0.25, -0.2) is 4.39 Å². The Morgan fingerprint density at radius 2 is 1.81 bits per heavy atom. The first-order chi connectivity index (χ1) is 15.3. The molecule has 4 rings (SSSR count).